The molecular formula is C14H21BrN2O3S. The molecule has 0 heterocycles. The Labute approximate surface area is 134 Å². The predicted octanol–water partition coefficient (Wildman–Crippen LogP) is 2.37. The standard InChI is InChI=1S/C14H21BrN2O3S/c1-4-13(14(18)17(5-2)6-3)16-21(19,20)12-9-7-11(15)8-10-12/h7-10,13,16H,4-6H2,1-3H3. The van der Waals surface area contributed by atoms with E-state index < -0.39 is 16.1 Å². The Hall–Kier alpha value is -0.920. The van der Waals surface area contributed by atoms with Crippen molar-refractivity contribution in [3.63, 3.8) is 0 Å². The van der Waals surface area contributed by atoms with Crippen molar-refractivity contribution in [1.82, 2.24) is 9.62 Å². The Morgan fingerprint density at radius 2 is 1.71 bits per heavy atom. The van der Waals surface area contributed by atoms with E-state index in [2.05, 4.69) is 20.7 Å². The number of hydrogen-bond acceptors (Lipinski definition) is 3. The van der Waals surface area contributed by atoms with E-state index in [1.807, 2.05) is 13.8 Å². The van der Waals surface area contributed by atoms with Crippen molar-refractivity contribution in [1.29, 1.82) is 0 Å². The van der Waals surface area contributed by atoms with E-state index in [9.17, 15) is 13.2 Å². The number of carbonyl (C=O) groups is 1. The maximum atomic E-state index is 12.3. The molecule has 0 aliphatic heterocycles. The minimum Gasteiger partial charge on any atom is -0.342 e. The zero-order chi connectivity index (χ0) is 16.0. The van der Waals surface area contributed by atoms with Crippen LogP contribution in [0.1, 0.15) is 27.2 Å². The number of nitrogens with one attached hydrogen (secondary N) is 1. The minimum atomic E-state index is -3.70. The third-order valence-electron chi connectivity index (χ3n) is 3.20. The molecule has 7 heteroatoms. The fraction of sp³-hybridized carbons (Fsp3) is 0.500. The summed E-state index contributed by atoms with van der Waals surface area (Å²) in [6.45, 7) is 6.66. The fourth-order valence-corrected chi connectivity index (χ4v) is 3.47. The first-order valence-electron chi connectivity index (χ1n) is 6.92. The highest BCUT2D eigenvalue weighted by molar-refractivity contribution is 9.10. The number of rotatable bonds is 7. The molecule has 0 radical (unpaired) electrons. The Balaban J connectivity index is 2.94. The van der Waals surface area contributed by atoms with Crippen LogP contribution in [0.15, 0.2) is 33.6 Å². The van der Waals surface area contributed by atoms with Crippen molar-refractivity contribution in [2.45, 2.75) is 38.1 Å². The molecule has 21 heavy (non-hydrogen) atoms. The molecule has 1 atom stereocenters. The zero-order valence-electron chi connectivity index (χ0n) is 12.5. The molecular weight excluding hydrogens is 356 g/mol. The van der Waals surface area contributed by atoms with Crippen molar-refractivity contribution in [2.75, 3.05) is 13.1 Å². The van der Waals surface area contributed by atoms with Gasteiger partial charge in [0.2, 0.25) is 15.9 Å². The second kappa shape index (κ2) is 7.91. The third-order valence-corrected chi connectivity index (χ3v) is 5.22. The lowest BCUT2D eigenvalue weighted by Gasteiger charge is -2.25. The van der Waals surface area contributed by atoms with Gasteiger partial charge >= 0.3 is 0 Å². The minimum absolute atomic E-state index is 0.150. The Bertz CT molecular complexity index is 568. The molecule has 0 aliphatic carbocycles. The molecule has 0 saturated carbocycles. The van der Waals surface area contributed by atoms with Crippen molar-refractivity contribution in [3.8, 4) is 0 Å². The number of benzene rings is 1. The van der Waals surface area contributed by atoms with Crippen LogP contribution in [-0.4, -0.2) is 38.4 Å². The molecule has 5 nitrogen and oxygen atoms in total. The molecule has 118 valence electrons. The highest BCUT2D eigenvalue weighted by atomic mass is 79.9. The van der Waals surface area contributed by atoms with Crippen LogP contribution in [-0.2, 0) is 14.8 Å². The normalized spacial score (nSPS) is 13.0. The molecule has 1 N–H and O–H groups in total. The van der Waals surface area contributed by atoms with Crippen molar-refractivity contribution in [3.05, 3.63) is 28.7 Å². The quantitative estimate of drug-likeness (QED) is 0.794. The monoisotopic (exact) mass is 376 g/mol. The van der Waals surface area contributed by atoms with E-state index in [1.54, 1.807) is 24.0 Å². The Kier molecular flexibility index (Phi) is 6.83. The van der Waals surface area contributed by atoms with Crippen molar-refractivity contribution >= 4 is 31.9 Å². The van der Waals surface area contributed by atoms with Gasteiger partial charge in [-0.15, -0.1) is 0 Å². The summed E-state index contributed by atoms with van der Waals surface area (Å²) >= 11 is 3.26. The van der Waals surface area contributed by atoms with E-state index in [0.29, 0.717) is 19.5 Å². The van der Waals surface area contributed by atoms with Crippen LogP contribution in [0.4, 0.5) is 0 Å². The summed E-state index contributed by atoms with van der Waals surface area (Å²) in [6, 6.07) is 5.57. The first kappa shape index (κ1) is 18.1. The summed E-state index contributed by atoms with van der Waals surface area (Å²) in [5, 5.41) is 0. The van der Waals surface area contributed by atoms with E-state index in [1.165, 1.54) is 12.1 Å². The van der Waals surface area contributed by atoms with Gasteiger partial charge in [-0.05, 0) is 44.5 Å². The van der Waals surface area contributed by atoms with Gasteiger partial charge in [-0.3, -0.25) is 4.79 Å². The molecule has 1 amide bonds. The van der Waals surface area contributed by atoms with Gasteiger partial charge in [0.15, 0.2) is 0 Å². The Morgan fingerprint density at radius 3 is 2.14 bits per heavy atom. The van der Waals surface area contributed by atoms with Gasteiger partial charge in [0.1, 0.15) is 6.04 Å². The van der Waals surface area contributed by atoms with Crippen LogP contribution >= 0.6 is 15.9 Å². The van der Waals surface area contributed by atoms with Gasteiger partial charge < -0.3 is 4.90 Å². The molecule has 1 rings (SSSR count). The van der Waals surface area contributed by atoms with Crippen LogP contribution in [0.3, 0.4) is 0 Å². The molecule has 0 fully saturated rings. The highest BCUT2D eigenvalue weighted by Crippen LogP contribution is 2.15. The number of nitrogens with zero attached hydrogens (tertiary/aromatic N) is 1. The number of hydrogen-bond donors (Lipinski definition) is 1. The lowest BCUT2D eigenvalue weighted by Crippen LogP contribution is -2.48. The average Bonchev–Trinajstić information content (AvgIpc) is 2.46. The van der Waals surface area contributed by atoms with Gasteiger partial charge in [0.25, 0.3) is 0 Å². The first-order chi connectivity index (χ1) is 9.85. The highest BCUT2D eigenvalue weighted by Gasteiger charge is 2.26. The summed E-state index contributed by atoms with van der Waals surface area (Å²) in [5.74, 6) is -0.191. The molecule has 0 aromatic heterocycles. The second-order valence-electron chi connectivity index (χ2n) is 4.55. The fourth-order valence-electron chi connectivity index (χ4n) is 1.93. The number of halogens is 1. The summed E-state index contributed by atoms with van der Waals surface area (Å²) < 4.78 is 27.9. The molecule has 0 saturated heterocycles. The van der Waals surface area contributed by atoms with Crippen molar-refractivity contribution in [2.24, 2.45) is 0 Å². The molecule has 0 spiro atoms. The molecule has 1 aromatic rings. The van der Waals surface area contributed by atoms with E-state index in [-0.39, 0.29) is 10.8 Å². The van der Waals surface area contributed by atoms with Crippen LogP contribution in [0.25, 0.3) is 0 Å². The average molecular weight is 377 g/mol. The number of amides is 1. The van der Waals surface area contributed by atoms with Crippen LogP contribution in [0.2, 0.25) is 0 Å². The number of carbonyl (C=O) groups excluding carboxylic acids is 1. The van der Waals surface area contributed by atoms with E-state index >= 15 is 0 Å². The smallest absolute Gasteiger partial charge is 0.241 e. The van der Waals surface area contributed by atoms with Gasteiger partial charge in [-0.25, -0.2) is 8.42 Å². The van der Waals surface area contributed by atoms with Gasteiger partial charge in [-0.1, -0.05) is 22.9 Å². The van der Waals surface area contributed by atoms with Crippen molar-refractivity contribution < 1.29 is 13.2 Å². The summed E-state index contributed by atoms with van der Waals surface area (Å²) in [7, 11) is -3.70. The molecule has 1 unspecified atom stereocenters. The lowest BCUT2D eigenvalue weighted by molar-refractivity contribution is -0.132. The maximum absolute atomic E-state index is 12.3. The largest absolute Gasteiger partial charge is 0.342 e. The number of likely N-dealkylation sites (N-methyl/N-ethyl adjacent to an activating group) is 1. The van der Waals surface area contributed by atoms with Gasteiger partial charge in [-0.2, -0.15) is 4.72 Å². The van der Waals surface area contributed by atoms with Crippen LogP contribution in [0, 0.1) is 0 Å². The third kappa shape index (κ3) is 4.79. The van der Waals surface area contributed by atoms with Crippen LogP contribution < -0.4 is 4.72 Å². The lowest BCUT2D eigenvalue weighted by atomic mass is 10.2. The van der Waals surface area contributed by atoms with Gasteiger partial charge in [0.05, 0.1) is 4.90 Å². The maximum Gasteiger partial charge on any atom is 0.241 e. The van der Waals surface area contributed by atoms with E-state index in [4.69, 9.17) is 0 Å². The first-order valence-corrected chi connectivity index (χ1v) is 9.20. The molecule has 1 aromatic carbocycles. The zero-order valence-corrected chi connectivity index (χ0v) is 14.9. The van der Waals surface area contributed by atoms with Gasteiger partial charge in [0, 0.05) is 17.6 Å². The number of sulfonamides is 1. The SMILES string of the molecule is CCC(NS(=O)(=O)c1ccc(Br)cc1)C(=O)N(CC)CC. The predicted molar refractivity (Wildman–Crippen MR) is 86.5 cm³/mol. The van der Waals surface area contributed by atoms with Crippen LogP contribution in [0.5, 0.6) is 0 Å². The molecule has 0 aliphatic rings. The second-order valence-corrected chi connectivity index (χ2v) is 7.18. The topological polar surface area (TPSA) is 66.5 Å². The molecule has 0 bridgehead atoms. The van der Waals surface area contributed by atoms with E-state index in [0.717, 1.165) is 4.47 Å². The summed E-state index contributed by atoms with van der Waals surface area (Å²) in [4.78, 5) is 14.1. The Morgan fingerprint density at radius 1 is 1.19 bits per heavy atom. The summed E-state index contributed by atoms with van der Waals surface area (Å²) in [5.41, 5.74) is 0. The summed E-state index contributed by atoms with van der Waals surface area (Å²) in [6.07, 6.45) is 0.408.